The molecule has 28 heavy (non-hydrogen) atoms. The molecular weight excluding hydrogens is 354 g/mol. The molecule has 2 aromatic carbocycles. The van der Waals surface area contributed by atoms with Crippen LogP contribution in [0.2, 0.25) is 0 Å². The lowest BCUT2D eigenvalue weighted by molar-refractivity contribution is -0.154. The van der Waals surface area contributed by atoms with Gasteiger partial charge in [-0.2, -0.15) is 0 Å². The molecule has 3 rings (SSSR count). The smallest absolute Gasteiger partial charge is 0.328 e. The van der Waals surface area contributed by atoms with Crippen LogP contribution in [-0.2, 0) is 14.3 Å². The maximum atomic E-state index is 12.6. The molecule has 1 aliphatic heterocycles. The Morgan fingerprint density at radius 2 is 1.61 bits per heavy atom. The van der Waals surface area contributed by atoms with Gasteiger partial charge in [-0.3, -0.25) is 9.59 Å². The van der Waals surface area contributed by atoms with Gasteiger partial charge in [-0.15, -0.1) is 0 Å². The monoisotopic (exact) mass is 379 g/mol. The lowest BCUT2D eigenvalue weighted by atomic mass is 9.99. The van der Waals surface area contributed by atoms with Gasteiger partial charge >= 0.3 is 5.97 Å². The van der Waals surface area contributed by atoms with Crippen LogP contribution in [0.25, 0.3) is 11.1 Å². The van der Waals surface area contributed by atoms with Crippen LogP contribution in [-0.4, -0.2) is 42.3 Å². The fourth-order valence-corrected chi connectivity index (χ4v) is 3.60. The summed E-state index contributed by atoms with van der Waals surface area (Å²) in [4.78, 5) is 38.5. The first kappa shape index (κ1) is 19.8. The zero-order valence-corrected chi connectivity index (χ0v) is 16.1. The Balaban J connectivity index is 1.58. The van der Waals surface area contributed by atoms with Crippen LogP contribution >= 0.6 is 0 Å². The van der Waals surface area contributed by atoms with E-state index in [9.17, 15) is 14.4 Å². The summed E-state index contributed by atoms with van der Waals surface area (Å²) >= 11 is 0. The van der Waals surface area contributed by atoms with E-state index in [0.717, 1.165) is 24.0 Å². The van der Waals surface area contributed by atoms with E-state index in [-0.39, 0.29) is 30.5 Å². The normalized spacial score (nSPS) is 16.5. The summed E-state index contributed by atoms with van der Waals surface area (Å²) in [7, 11) is 1.34. The van der Waals surface area contributed by atoms with E-state index >= 15 is 0 Å². The van der Waals surface area contributed by atoms with E-state index in [0.29, 0.717) is 18.5 Å². The average molecular weight is 379 g/mol. The van der Waals surface area contributed by atoms with Crippen molar-refractivity contribution in [3.05, 3.63) is 60.2 Å². The first-order valence-electron chi connectivity index (χ1n) is 9.66. The Hall–Kier alpha value is -2.95. The van der Waals surface area contributed by atoms with Crippen molar-refractivity contribution in [3.8, 4) is 11.1 Å². The molecule has 1 fully saturated rings. The van der Waals surface area contributed by atoms with E-state index in [1.807, 2.05) is 42.5 Å². The molecule has 2 aromatic rings. The van der Waals surface area contributed by atoms with Crippen molar-refractivity contribution in [2.45, 2.75) is 38.1 Å². The summed E-state index contributed by atoms with van der Waals surface area (Å²) in [6.07, 6.45) is 2.62. The second kappa shape index (κ2) is 9.31. The van der Waals surface area contributed by atoms with Gasteiger partial charge in [0.1, 0.15) is 6.04 Å². The van der Waals surface area contributed by atoms with Gasteiger partial charge in [0.15, 0.2) is 5.78 Å². The zero-order valence-electron chi connectivity index (χ0n) is 16.1. The molecule has 0 saturated carbocycles. The number of amides is 1. The number of hydrogen-bond acceptors (Lipinski definition) is 4. The van der Waals surface area contributed by atoms with Gasteiger partial charge in [0.2, 0.25) is 5.91 Å². The van der Waals surface area contributed by atoms with Crippen molar-refractivity contribution in [1.29, 1.82) is 0 Å². The zero-order chi connectivity index (χ0) is 19.9. The SMILES string of the molecule is COC(=O)C1CCCCN1C(=O)CCC(=O)c1ccc(-c2ccccc2)cc1. The molecule has 0 aromatic heterocycles. The summed E-state index contributed by atoms with van der Waals surface area (Å²) in [5.74, 6) is -0.611. The van der Waals surface area contributed by atoms with Gasteiger partial charge in [0.05, 0.1) is 7.11 Å². The molecule has 0 aliphatic carbocycles. The average Bonchev–Trinajstić information content (AvgIpc) is 2.77. The molecule has 0 N–H and O–H groups in total. The minimum Gasteiger partial charge on any atom is -0.467 e. The topological polar surface area (TPSA) is 63.7 Å². The molecule has 0 spiro atoms. The van der Waals surface area contributed by atoms with Crippen molar-refractivity contribution >= 4 is 17.7 Å². The number of likely N-dealkylation sites (tertiary alicyclic amines) is 1. The number of piperidine rings is 1. The quantitative estimate of drug-likeness (QED) is 0.565. The number of rotatable bonds is 6. The molecule has 5 nitrogen and oxygen atoms in total. The van der Waals surface area contributed by atoms with E-state index in [2.05, 4.69) is 0 Å². The standard InChI is InChI=1S/C23H25NO4/c1-28-23(27)20-9-5-6-16-24(20)22(26)15-14-21(25)19-12-10-18(11-13-19)17-7-3-2-4-8-17/h2-4,7-8,10-13,20H,5-6,9,14-16H2,1H3. The second-order valence-electron chi connectivity index (χ2n) is 6.99. The van der Waals surface area contributed by atoms with Crippen LogP contribution in [0.4, 0.5) is 0 Å². The largest absolute Gasteiger partial charge is 0.467 e. The highest BCUT2D eigenvalue weighted by atomic mass is 16.5. The first-order valence-corrected chi connectivity index (χ1v) is 9.66. The van der Waals surface area contributed by atoms with Gasteiger partial charge < -0.3 is 9.64 Å². The van der Waals surface area contributed by atoms with Crippen LogP contribution in [0.5, 0.6) is 0 Å². The van der Waals surface area contributed by atoms with Crippen LogP contribution < -0.4 is 0 Å². The minimum atomic E-state index is -0.522. The van der Waals surface area contributed by atoms with E-state index in [1.165, 1.54) is 7.11 Å². The summed E-state index contributed by atoms with van der Waals surface area (Å²) < 4.78 is 4.81. The Morgan fingerprint density at radius 1 is 0.929 bits per heavy atom. The molecule has 0 radical (unpaired) electrons. The summed E-state index contributed by atoms with van der Waals surface area (Å²) in [5, 5.41) is 0. The summed E-state index contributed by atoms with van der Waals surface area (Å²) in [6.45, 7) is 0.540. The molecule has 5 heteroatoms. The van der Waals surface area contributed by atoms with E-state index < -0.39 is 6.04 Å². The third-order valence-electron chi connectivity index (χ3n) is 5.18. The van der Waals surface area contributed by atoms with Crippen LogP contribution in [0.3, 0.4) is 0 Å². The number of carbonyl (C=O) groups is 3. The third kappa shape index (κ3) is 4.66. The third-order valence-corrected chi connectivity index (χ3v) is 5.18. The predicted molar refractivity (Wildman–Crippen MR) is 107 cm³/mol. The number of ether oxygens (including phenoxy) is 1. The number of benzene rings is 2. The maximum absolute atomic E-state index is 12.6. The van der Waals surface area contributed by atoms with Crippen molar-refractivity contribution in [2.75, 3.05) is 13.7 Å². The first-order chi connectivity index (χ1) is 13.6. The molecule has 1 aliphatic rings. The number of hydrogen-bond donors (Lipinski definition) is 0. The van der Waals surface area contributed by atoms with Gasteiger partial charge in [-0.25, -0.2) is 4.79 Å². The number of nitrogens with zero attached hydrogens (tertiary/aromatic N) is 1. The van der Waals surface area contributed by atoms with E-state index in [1.54, 1.807) is 17.0 Å². The molecular formula is C23H25NO4. The Kier molecular flexibility index (Phi) is 6.58. The highest BCUT2D eigenvalue weighted by molar-refractivity contribution is 5.98. The highest BCUT2D eigenvalue weighted by Gasteiger charge is 2.32. The van der Waals surface area contributed by atoms with Gasteiger partial charge in [-0.05, 0) is 30.4 Å². The number of esters is 1. The Labute approximate surface area is 165 Å². The number of ketones is 1. The highest BCUT2D eigenvalue weighted by Crippen LogP contribution is 2.22. The van der Waals surface area contributed by atoms with Gasteiger partial charge in [0.25, 0.3) is 0 Å². The lowest BCUT2D eigenvalue weighted by Gasteiger charge is -2.33. The molecule has 1 amide bonds. The second-order valence-corrected chi connectivity index (χ2v) is 6.99. The minimum absolute atomic E-state index is 0.0698. The Bertz CT molecular complexity index is 829. The fraction of sp³-hybridized carbons (Fsp3) is 0.348. The summed E-state index contributed by atoms with van der Waals surface area (Å²) in [6, 6.07) is 16.9. The molecule has 146 valence electrons. The maximum Gasteiger partial charge on any atom is 0.328 e. The molecule has 1 unspecified atom stereocenters. The number of Topliss-reactive ketones (excluding diaryl/α,β-unsaturated/α-hetero) is 1. The van der Waals surface area contributed by atoms with Crippen LogP contribution in [0.1, 0.15) is 42.5 Å². The van der Waals surface area contributed by atoms with Crippen molar-refractivity contribution < 1.29 is 19.1 Å². The molecule has 1 heterocycles. The van der Waals surface area contributed by atoms with Gasteiger partial charge in [-0.1, -0.05) is 54.6 Å². The molecule has 1 saturated heterocycles. The predicted octanol–water partition coefficient (Wildman–Crippen LogP) is 3.87. The van der Waals surface area contributed by atoms with Gasteiger partial charge in [0, 0.05) is 24.9 Å². The summed E-state index contributed by atoms with van der Waals surface area (Å²) in [5.41, 5.74) is 2.73. The number of methoxy groups -OCH3 is 1. The van der Waals surface area contributed by atoms with Crippen LogP contribution in [0, 0.1) is 0 Å². The van der Waals surface area contributed by atoms with Crippen molar-refractivity contribution in [1.82, 2.24) is 4.90 Å². The number of carbonyl (C=O) groups excluding carboxylic acids is 3. The lowest BCUT2D eigenvalue weighted by Crippen LogP contribution is -2.48. The van der Waals surface area contributed by atoms with Crippen molar-refractivity contribution in [2.24, 2.45) is 0 Å². The van der Waals surface area contributed by atoms with Crippen molar-refractivity contribution in [3.63, 3.8) is 0 Å². The molecule has 0 bridgehead atoms. The molecule has 1 atom stereocenters. The van der Waals surface area contributed by atoms with Crippen LogP contribution in [0.15, 0.2) is 54.6 Å². The Morgan fingerprint density at radius 3 is 2.29 bits per heavy atom. The van der Waals surface area contributed by atoms with E-state index in [4.69, 9.17) is 4.74 Å². The fourth-order valence-electron chi connectivity index (χ4n) is 3.60.